The largest absolute Gasteiger partial charge is 0.497 e. The highest BCUT2D eigenvalue weighted by molar-refractivity contribution is 5.94. The Bertz CT molecular complexity index is 799. The van der Waals surface area contributed by atoms with Gasteiger partial charge in [-0.15, -0.1) is 0 Å². The summed E-state index contributed by atoms with van der Waals surface area (Å²) in [7, 11) is 3.16. The quantitative estimate of drug-likeness (QED) is 0.722. The molecule has 6 nitrogen and oxygen atoms in total. The van der Waals surface area contributed by atoms with E-state index >= 15 is 0 Å². The van der Waals surface area contributed by atoms with E-state index in [9.17, 15) is 9.59 Å². The van der Waals surface area contributed by atoms with Crippen molar-refractivity contribution in [1.29, 1.82) is 0 Å². The molecule has 2 aromatic carbocycles. The molecule has 0 bridgehead atoms. The van der Waals surface area contributed by atoms with E-state index in [4.69, 9.17) is 9.47 Å². The molecule has 0 aromatic heterocycles. The summed E-state index contributed by atoms with van der Waals surface area (Å²) in [6.07, 6.45) is 0.193. The van der Waals surface area contributed by atoms with Gasteiger partial charge in [0.2, 0.25) is 5.91 Å². The zero-order valence-corrected chi connectivity index (χ0v) is 17.0. The maximum atomic E-state index is 12.3. The first-order chi connectivity index (χ1) is 13.5. The molecule has 0 heterocycles. The Balaban J connectivity index is 1.95. The van der Waals surface area contributed by atoms with Crippen molar-refractivity contribution in [1.82, 2.24) is 10.2 Å². The highest BCUT2D eigenvalue weighted by Gasteiger charge is 2.13. The topological polar surface area (TPSA) is 67.9 Å². The van der Waals surface area contributed by atoms with Crippen molar-refractivity contribution in [3.05, 3.63) is 59.2 Å². The molecule has 0 aliphatic heterocycles. The fraction of sp³-hybridized carbons (Fsp3) is 0.364. The number of benzene rings is 2. The molecule has 0 fully saturated rings. The van der Waals surface area contributed by atoms with E-state index in [1.54, 1.807) is 49.5 Å². The summed E-state index contributed by atoms with van der Waals surface area (Å²) in [5, 5.41) is 2.90. The van der Waals surface area contributed by atoms with Gasteiger partial charge in [-0.05, 0) is 49.7 Å². The standard InChI is InChI=1S/C22H28N2O4/c1-5-24(6-2)22(26)17-9-7-16(8-10-17)15-23-21(25)14-18-13-19(27-3)11-12-20(18)28-4/h7-13H,5-6,14-15H2,1-4H3,(H,23,25). The Morgan fingerprint density at radius 3 is 2.21 bits per heavy atom. The smallest absolute Gasteiger partial charge is 0.253 e. The summed E-state index contributed by atoms with van der Waals surface area (Å²) >= 11 is 0. The fourth-order valence-electron chi connectivity index (χ4n) is 2.91. The number of ether oxygens (including phenoxy) is 2. The van der Waals surface area contributed by atoms with Gasteiger partial charge in [0.1, 0.15) is 11.5 Å². The van der Waals surface area contributed by atoms with Crippen LogP contribution >= 0.6 is 0 Å². The van der Waals surface area contributed by atoms with Crippen LogP contribution in [0, 0.1) is 0 Å². The average Bonchev–Trinajstić information content (AvgIpc) is 2.73. The summed E-state index contributed by atoms with van der Waals surface area (Å²) in [5.41, 5.74) is 2.35. The van der Waals surface area contributed by atoms with Gasteiger partial charge in [-0.1, -0.05) is 12.1 Å². The molecule has 0 aliphatic rings. The summed E-state index contributed by atoms with van der Waals surface area (Å²) in [4.78, 5) is 26.4. The van der Waals surface area contributed by atoms with Crippen molar-refractivity contribution in [2.75, 3.05) is 27.3 Å². The van der Waals surface area contributed by atoms with Gasteiger partial charge in [0.25, 0.3) is 5.91 Å². The fourth-order valence-corrected chi connectivity index (χ4v) is 2.91. The summed E-state index contributed by atoms with van der Waals surface area (Å²) in [6, 6.07) is 12.7. The molecule has 2 aromatic rings. The Hall–Kier alpha value is -3.02. The van der Waals surface area contributed by atoms with Crippen LogP contribution in [0.15, 0.2) is 42.5 Å². The van der Waals surface area contributed by atoms with Gasteiger partial charge in [0, 0.05) is 30.8 Å². The second kappa shape index (κ2) is 10.3. The zero-order valence-electron chi connectivity index (χ0n) is 17.0. The van der Waals surface area contributed by atoms with Gasteiger partial charge in [-0.25, -0.2) is 0 Å². The summed E-state index contributed by atoms with van der Waals surface area (Å²) in [5.74, 6) is 1.23. The number of hydrogen-bond acceptors (Lipinski definition) is 4. The van der Waals surface area contributed by atoms with Crippen molar-refractivity contribution in [2.45, 2.75) is 26.8 Å². The minimum Gasteiger partial charge on any atom is -0.497 e. The van der Waals surface area contributed by atoms with Crippen molar-refractivity contribution >= 4 is 11.8 Å². The zero-order chi connectivity index (χ0) is 20.5. The van der Waals surface area contributed by atoms with Crippen LogP contribution < -0.4 is 14.8 Å². The van der Waals surface area contributed by atoms with Crippen molar-refractivity contribution in [3.8, 4) is 11.5 Å². The van der Waals surface area contributed by atoms with Gasteiger partial charge in [-0.3, -0.25) is 9.59 Å². The van der Waals surface area contributed by atoms with E-state index in [-0.39, 0.29) is 18.2 Å². The monoisotopic (exact) mass is 384 g/mol. The molecular formula is C22H28N2O4. The van der Waals surface area contributed by atoms with E-state index in [0.29, 0.717) is 36.7 Å². The number of carbonyl (C=O) groups excluding carboxylic acids is 2. The minimum atomic E-state index is -0.116. The third-order valence-corrected chi connectivity index (χ3v) is 4.58. The predicted octanol–water partition coefficient (Wildman–Crippen LogP) is 3.04. The van der Waals surface area contributed by atoms with Gasteiger partial charge in [-0.2, -0.15) is 0 Å². The van der Waals surface area contributed by atoms with Crippen molar-refractivity contribution in [3.63, 3.8) is 0 Å². The molecule has 2 amide bonds. The van der Waals surface area contributed by atoms with Crippen molar-refractivity contribution < 1.29 is 19.1 Å². The average molecular weight is 384 g/mol. The molecule has 0 saturated carbocycles. The third kappa shape index (κ3) is 5.49. The minimum absolute atomic E-state index is 0.0192. The van der Waals surface area contributed by atoms with Crippen LogP contribution in [0.5, 0.6) is 11.5 Å². The van der Waals surface area contributed by atoms with Gasteiger partial charge in [0.15, 0.2) is 0 Å². The van der Waals surface area contributed by atoms with Crippen LogP contribution in [0.3, 0.4) is 0 Å². The van der Waals surface area contributed by atoms with E-state index in [1.807, 2.05) is 26.0 Å². The molecular weight excluding hydrogens is 356 g/mol. The lowest BCUT2D eigenvalue weighted by molar-refractivity contribution is -0.120. The Morgan fingerprint density at radius 1 is 0.964 bits per heavy atom. The van der Waals surface area contributed by atoms with Crippen LogP contribution in [0.2, 0.25) is 0 Å². The lowest BCUT2D eigenvalue weighted by Crippen LogP contribution is -2.30. The normalized spacial score (nSPS) is 10.3. The number of amides is 2. The predicted molar refractivity (Wildman–Crippen MR) is 109 cm³/mol. The van der Waals surface area contributed by atoms with E-state index in [1.165, 1.54) is 0 Å². The van der Waals surface area contributed by atoms with Gasteiger partial charge in [0.05, 0.1) is 20.6 Å². The Labute approximate surface area is 166 Å². The molecule has 28 heavy (non-hydrogen) atoms. The second-order valence-corrected chi connectivity index (χ2v) is 6.31. The van der Waals surface area contributed by atoms with Gasteiger partial charge >= 0.3 is 0 Å². The van der Waals surface area contributed by atoms with E-state index in [2.05, 4.69) is 5.32 Å². The van der Waals surface area contributed by atoms with Crippen LogP contribution in [0.1, 0.15) is 35.3 Å². The molecule has 6 heteroatoms. The number of nitrogens with zero attached hydrogens (tertiary/aromatic N) is 1. The molecule has 0 saturated heterocycles. The number of nitrogens with one attached hydrogen (secondary N) is 1. The Kier molecular flexibility index (Phi) is 7.87. The molecule has 0 aliphatic carbocycles. The van der Waals surface area contributed by atoms with E-state index in [0.717, 1.165) is 11.1 Å². The van der Waals surface area contributed by atoms with Crippen LogP contribution in [0.4, 0.5) is 0 Å². The first-order valence-corrected chi connectivity index (χ1v) is 9.38. The van der Waals surface area contributed by atoms with Crippen LogP contribution in [-0.4, -0.2) is 44.0 Å². The lowest BCUT2D eigenvalue weighted by Gasteiger charge is -2.18. The summed E-state index contributed by atoms with van der Waals surface area (Å²) < 4.78 is 10.5. The Morgan fingerprint density at radius 2 is 1.64 bits per heavy atom. The molecule has 0 radical (unpaired) electrons. The maximum Gasteiger partial charge on any atom is 0.253 e. The SMILES string of the molecule is CCN(CC)C(=O)c1ccc(CNC(=O)Cc2cc(OC)ccc2OC)cc1. The van der Waals surface area contributed by atoms with Gasteiger partial charge < -0.3 is 19.7 Å². The van der Waals surface area contributed by atoms with Crippen LogP contribution in [0.25, 0.3) is 0 Å². The lowest BCUT2D eigenvalue weighted by atomic mass is 10.1. The molecule has 0 atom stereocenters. The number of rotatable bonds is 9. The molecule has 2 rings (SSSR count). The van der Waals surface area contributed by atoms with E-state index < -0.39 is 0 Å². The first kappa shape index (κ1) is 21.3. The van der Waals surface area contributed by atoms with Crippen LogP contribution in [-0.2, 0) is 17.8 Å². The number of methoxy groups -OCH3 is 2. The molecule has 1 N–H and O–H groups in total. The number of carbonyl (C=O) groups is 2. The third-order valence-electron chi connectivity index (χ3n) is 4.58. The molecule has 0 unspecified atom stereocenters. The highest BCUT2D eigenvalue weighted by Crippen LogP contribution is 2.24. The maximum absolute atomic E-state index is 12.3. The number of hydrogen-bond donors (Lipinski definition) is 1. The van der Waals surface area contributed by atoms with Crippen molar-refractivity contribution in [2.24, 2.45) is 0 Å². The molecule has 150 valence electrons. The highest BCUT2D eigenvalue weighted by atomic mass is 16.5. The molecule has 0 spiro atoms. The first-order valence-electron chi connectivity index (χ1n) is 9.38. The summed E-state index contributed by atoms with van der Waals surface area (Å²) in [6.45, 7) is 5.68. The second-order valence-electron chi connectivity index (χ2n) is 6.31.